The summed E-state index contributed by atoms with van der Waals surface area (Å²) < 4.78 is 16.4. The van der Waals surface area contributed by atoms with Crippen LogP contribution in [0.25, 0.3) is 0 Å². The van der Waals surface area contributed by atoms with Gasteiger partial charge in [-0.1, -0.05) is 6.08 Å². The average molecular weight is 329 g/mol. The largest absolute Gasteiger partial charge is 0.458 e. The number of aliphatic hydroxyl groups excluding tert-OH is 1. The Kier molecular flexibility index (Phi) is 2.82. The van der Waals surface area contributed by atoms with Crippen LogP contribution < -0.4 is 9.47 Å². The molecule has 1 fully saturated rings. The molecule has 3 aliphatic heterocycles. The number of hydrogen-bond acceptors (Lipinski definition) is 6. The van der Waals surface area contributed by atoms with Gasteiger partial charge < -0.3 is 19.3 Å². The van der Waals surface area contributed by atoms with Crippen molar-refractivity contribution >= 4 is 5.97 Å². The number of rotatable bonds is 1. The van der Waals surface area contributed by atoms with E-state index in [4.69, 9.17) is 14.2 Å². The molecule has 6 heteroatoms. The van der Waals surface area contributed by atoms with Gasteiger partial charge in [-0.05, 0) is 29.3 Å². The molecule has 0 radical (unpaired) electrons. The molecule has 0 aromatic heterocycles. The number of carbonyl (C=O) groups is 1. The smallest absolute Gasteiger partial charge is 0.303 e. The van der Waals surface area contributed by atoms with Crippen molar-refractivity contribution in [2.75, 3.05) is 13.3 Å². The van der Waals surface area contributed by atoms with Crippen molar-refractivity contribution < 1.29 is 24.1 Å². The second-order valence-electron chi connectivity index (χ2n) is 7.00. The topological polar surface area (TPSA) is 68.2 Å². The van der Waals surface area contributed by atoms with Gasteiger partial charge in [-0.15, -0.1) is 0 Å². The van der Waals surface area contributed by atoms with Crippen molar-refractivity contribution in [2.45, 2.75) is 43.6 Å². The third-order valence-corrected chi connectivity index (χ3v) is 5.75. The van der Waals surface area contributed by atoms with Gasteiger partial charge >= 0.3 is 5.97 Å². The number of fused-ring (bicyclic) bond motifs is 2. The quantitative estimate of drug-likeness (QED) is 0.615. The van der Waals surface area contributed by atoms with E-state index in [-0.39, 0.29) is 24.9 Å². The first-order valence-electron chi connectivity index (χ1n) is 8.29. The van der Waals surface area contributed by atoms with Crippen LogP contribution in [-0.2, 0) is 21.5 Å². The van der Waals surface area contributed by atoms with Crippen LogP contribution in [0.2, 0.25) is 0 Å². The summed E-state index contributed by atoms with van der Waals surface area (Å²) in [5, 5.41) is 10.9. The molecule has 4 aliphatic rings. The lowest BCUT2D eigenvalue weighted by atomic mass is 9.65. The summed E-state index contributed by atoms with van der Waals surface area (Å²) in [6.07, 6.45) is 3.94. The fraction of sp³-hybridized carbons (Fsp3) is 0.500. The molecule has 3 heterocycles. The molecule has 1 aromatic carbocycles. The van der Waals surface area contributed by atoms with Crippen molar-refractivity contribution in [1.82, 2.24) is 4.90 Å². The molecule has 1 aliphatic carbocycles. The summed E-state index contributed by atoms with van der Waals surface area (Å²) in [4.78, 5) is 13.6. The first kappa shape index (κ1) is 14.3. The lowest BCUT2D eigenvalue weighted by molar-refractivity contribution is -0.145. The number of ether oxygens (including phenoxy) is 3. The van der Waals surface area contributed by atoms with Crippen molar-refractivity contribution in [3.05, 3.63) is 35.4 Å². The van der Waals surface area contributed by atoms with Crippen molar-refractivity contribution in [3.8, 4) is 11.5 Å². The second kappa shape index (κ2) is 4.74. The van der Waals surface area contributed by atoms with E-state index >= 15 is 0 Å². The fourth-order valence-electron chi connectivity index (χ4n) is 4.82. The van der Waals surface area contributed by atoms with Gasteiger partial charge in [0.05, 0.1) is 11.5 Å². The summed E-state index contributed by atoms with van der Waals surface area (Å²) >= 11 is 0. The molecule has 126 valence electrons. The molecule has 1 saturated heterocycles. The molecule has 0 saturated carbocycles. The van der Waals surface area contributed by atoms with E-state index in [1.807, 2.05) is 24.3 Å². The maximum atomic E-state index is 11.3. The van der Waals surface area contributed by atoms with Gasteiger partial charge in [-0.2, -0.15) is 0 Å². The van der Waals surface area contributed by atoms with Gasteiger partial charge in [0.25, 0.3) is 0 Å². The minimum atomic E-state index is -0.487. The summed E-state index contributed by atoms with van der Waals surface area (Å²) in [5.41, 5.74) is 1.81. The summed E-state index contributed by atoms with van der Waals surface area (Å²) in [6.45, 7) is 3.04. The zero-order chi connectivity index (χ0) is 16.5. The highest BCUT2D eigenvalue weighted by atomic mass is 16.7. The van der Waals surface area contributed by atoms with E-state index < -0.39 is 11.5 Å². The van der Waals surface area contributed by atoms with Crippen LogP contribution in [-0.4, -0.2) is 47.6 Å². The first-order valence-corrected chi connectivity index (χ1v) is 8.29. The SMILES string of the molecule is CC(=O)O[C@H]1C=C[C@@]23c4cc5c(cc4CN(CC2O)[C@H]3C1)OCO5. The molecule has 5 atom stereocenters. The molecule has 6 nitrogen and oxygen atoms in total. The number of hydrogen-bond donors (Lipinski definition) is 1. The van der Waals surface area contributed by atoms with Crippen LogP contribution in [0.4, 0.5) is 0 Å². The van der Waals surface area contributed by atoms with E-state index in [1.165, 1.54) is 12.5 Å². The molecular weight excluding hydrogens is 310 g/mol. The molecule has 2 bridgehead atoms. The summed E-state index contributed by atoms with van der Waals surface area (Å²) in [5.74, 6) is 1.24. The van der Waals surface area contributed by atoms with Crippen LogP contribution >= 0.6 is 0 Å². The number of aliphatic hydroxyl groups is 1. The summed E-state index contributed by atoms with van der Waals surface area (Å²) in [6, 6.07) is 4.18. The fourth-order valence-corrected chi connectivity index (χ4v) is 4.82. The van der Waals surface area contributed by atoms with Crippen molar-refractivity contribution in [3.63, 3.8) is 0 Å². The van der Waals surface area contributed by atoms with E-state index in [9.17, 15) is 9.90 Å². The highest BCUT2D eigenvalue weighted by Crippen LogP contribution is 2.53. The predicted octanol–water partition coefficient (Wildman–Crippen LogP) is 1.10. The number of carbonyl (C=O) groups excluding carboxylic acids is 1. The van der Waals surface area contributed by atoms with Crippen LogP contribution in [0.3, 0.4) is 0 Å². The normalized spacial score (nSPS) is 37.8. The zero-order valence-electron chi connectivity index (χ0n) is 13.4. The van der Waals surface area contributed by atoms with Gasteiger partial charge in [-0.3, -0.25) is 9.69 Å². The maximum absolute atomic E-state index is 11.3. The van der Waals surface area contributed by atoms with E-state index in [0.717, 1.165) is 23.6 Å². The van der Waals surface area contributed by atoms with Gasteiger partial charge in [0, 0.05) is 32.5 Å². The molecule has 1 aromatic rings. The van der Waals surface area contributed by atoms with Gasteiger partial charge in [-0.25, -0.2) is 0 Å². The second-order valence-corrected chi connectivity index (χ2v) is 7.00. The molecule has 24 heavy (non-hydrogen) atoms. The van der Waals surface area contributed by atoms with Crippen molar-refractivity contribution in [1.29, 1.82) is 0 Å². The van der Waals surface area contributed by atoms with Crippen LogP contribution in [0.1, 0.15) is 24.5 Å². The Bertz CT molecular complexity index is 760. The van der Waals surface area contributed by atoms with Gasteiger partial charge in [0.15, 0.2) is 11.5 Å². The Morgan fingerprint density at radius 1 is 1.38 bits per heavy atom. The minimum absolute atomic E-state index is 0.120. The van der Waals surface area contributed by atoms with Crippen molar-refractivity contribution in [2.24, 2.45) is 0 Å². The zero-order valence-corrected chi connectivity index (χ0v) is 13.4. The third-order valence-electron chi connectivity index (χ3n) is 5.75. The molecular formula is C18H19NO5. The Balaban J connectivity index is 1.63. The Labute approximate surface area is 139 Å². The van der Waals surface area contributed by atoms with Gasteiger partial charge in [0.1, 0.15) is 6.10 Å². The molecule has 0 spiro atoms. The number of esters is 1. The van der Waals surface area contributed by atoms with E-state index in [0.29, 0.717) is 13.0 Å². The van der Waals surface area contributed by atoms with E-state index in [2.05, 4.69) is 4.90 Å². The lowest BCUT2D eigenvalue weighted by Gasteiger charge is -2.46. The summed E-state index contributed by atoms with van der Waals surface area (Å²) in [7, 11) is 0. The Hall–Kier alpha value is -2.05. The van der Waals surface area contributed by atoms with Crippen LogP contribution in [0.15, 0.2) is 24.3 Å². The predicted molar refractivity (Wildman–Crippen MR) is 83.8 cm³/mol. The number of benzene rings is 1. The highest BCUT2D eigenvalue weighted by molar-refractivity contribution is 5.66. The molecule has 0 amide bonds. The average Bonchev–Trinajstić information content (AvgIpc) is 3.06. The van der Waals surface area contributed by atoms with Crippen LogP contribution in [0.5, 0.6) is 11.5 Å². The first-order chi connectivity index (χ1) is 11.6. The Morgan fingerprint density at radius 3 is 2.96 bits per heavy atom. The number of nitrogens with zero attached hydrogens (tertiary/aromatic N) is 1. The van der Waals surface area contributed by atoms with E-state index in [1.54, 1.807) is 0 Å². The monoisotopic (exact) mass is 329 g/mol. The minimum Gasteiger partial charge on any atom is -0.458 e. The molecule has 2 unspecified atom stereocenters. The third kappa shape index (κ3) is 1.75. The standard InChI is InChI=1S/C18H19NO5/c1-10(20)24-12-2-3-18-13-6-15-14(22-9-23-15)4-11(13)7-19(8-17(18)21)16(18)5-12/h2-4,6,12,16-17,21H,5,7-9H2,1H3/t12-,16-,17?,18-/m0/s1. The van der Waals surface area contributed by atoms with Crippen LogP contribution in [0, 0.1) is 0 Å². The Morgan fingerprint density at radius 2 is 2.17 bits per heavy atom. The molecule has 5 rings (SSSR count). The molecule has 1 N–H and O–H groups in total. The maximum Gasteiger partial charge on any atom is 0.303 e. The lowest BCUT2D eigenvalue weighted by Crippen LogP contribution is -2.52. The van der Waals surface area contributed by atoms with Gasteiger partial charge in [0.2, 0.25) is 6.79 Å². The highest BCUT2D eigenvalue weighted by Gasteiger charge is 2.58.